The van der Waals surface area contributed by atoms with Crippen molar-refractivity contribution < 1.29 is 27.5 Å². The molecule has 1 aliphatic carbocycles. The molecule has 1 aliphatic rings. The summed E-state index contributed by atoms with van der Waals surface area (Å²) >= 11 is 0. The van der Waals surface area contributed by atoms with Gasteiger partial charge in [-0.15, -0.1) is 0 Å². The van der Waals surface area contributed by atoms with E-state index >= 15 is 0 Å². The van der Waals surface area contributed by atoms with E-state index in [9.17, 15) is 27.6 Å². The molecule has 39 heavy (non-hydrogen) atoms. The zero-order valence-electron chi connectivity index (χ0n) is 20.3. The van der Waals surface area contributed by atoms with Gasteiger partial charge in [-0.2, -0.15) is 27.9 Å². The second-order valence-electron chi connectivity index (χ2n) is 9.21. The molecule has 10 heteroatoms. The van der Waals surface area contributed by atoms with Crippen molar-refractivity contribution in [1.82, 2.24) is 15.2 Å². The van der Waals surface area contributed by atoms with E-state index < -0.39 is 23.7 Å². The number of alkyl halides is 3. The molecule has 5 rings (SSSR count). The number of pyridine rings is 1. The second-order valence-corrected chi connectivity index (χ2v) is 9.21. The van der Waals surface area contributed by atoms with Crippen LogP contribution in [0.5, 0.6) is 0 Å². The quantitative estimate of drug-likeness (QED) is 0.209. The number of hydrogen-bond acceptors (Lipinski definition) is 4. The number of allylic oxidation sites excluding steroid dienone is 1. The summed E-state index contributed by atoms with van der Waals surface area (Å²) in [5, 5.41) is 25.3. The highest BCUT2D eigenvalue weighted by Crippen LogP contribution is 2.46. The molecule has 0 amide bonds. The highest BCUT2D eigenvalue weighted by molar-refractivity contribution is 6.01. The summed E-state index contributed by atoms with van der Waals surface area (Å²) in [5.74, 6) is -1.82. The van der Waals surface area contributed by atoms with Crippen molar-refractivity contribution in [3.8, 4) is 6.07 Å². The molecule has 1 saturated carbocycles. The standard InChI is InChI=1S/C29H20F4N4O2/c30-28-22-13-19(9-10-23(22)36-37-28)25(18-7-4-16(5-8-18)6-11-24(38)39)26(17-2-1-3-17)27-20(14-34)12-21(15-35-27)29(31,32)33/h4-13,15,17H,1-3H2,(H,36,37)(H,38,39). The molecular weight excluding hydrogens is 512 g/mol. The lowest BCUT2D eigenvalue weighted by molar-refractivity contribution is -0.138. The number of carboxylic acid groups (broad SMARTS) is 1. The number of hydrogen-bond donors (Lipinski definition) is 2. The molecule has 2 aromatic carbocycles. The summed E-state index contributed by atoms with van der Waals surface area (Å²) in [5.41, 5.74) is 2.36. The number of halogens is 4. The lowest BCUT2D eigenvalue weighted by Crippen LogP contribution is -2.17. The monoisotopic (exact) mass is 532 g/mol. The third-order valence-corrected chi connectivity index (χ3v) is 6.79. The van der Waals surface area contributed by atoms with Gasteiger partial charge < -0.3 is 5.11 Å². The molecule has 0 aliphatic heterocycles. The van der Waals surface area contributed by atoms with Gasteiger partial charge in [0.15, 0.2) is 0 Å². The fourth-order valence-electron chi connectivity index (χ4n) is 4.67. The van der Waals surface area contributed by atoms with E-state index in [-0.39, 0.29) is 22.6 Å². The highest BCUT2D eigenvalue weighted by Gasteiger charge is 2.34. The second kappa shape index (κ2) is 10.2. The van der Waals surface area contributed by atoms with Gasteiger partial charge in [0.1, 0.15) is 6.07 Å². The van der Waals surface area contributed by atoms with Crippen LogP contribution in [0.3, 0.4) is 0 Å². The summed E-state index contributed by atoms with van der Waals surface area (Å²) in [4.78, 5) is 15.1. The summed E-state index contributed by atoms with van der Waals surface area (Å²) in [6.07, 6.45) is 0.891. The van der Waals surface area contributed by atoms with Crippen LogP contribution in [0.4, 0.5) is 17.6 Å². The molecular formula is C29H20F4N4O2. The Morgan fingerprint density at radius 1 is 1.10 bits per heavy atom. The lowest BCUT2D eigenvalue weighted by atomic mass is 9.73. The zero-order valence-corrected chi connectivity index (χ0v) is 20.3. The molecule has 6 nitrogen and oxygen atoms in total. The first-order chi connectivity index (χ1) is 18.7. The Bertz CT molecular complexity index is 1670. The fraction of sp³-hybridized carbons (Fsp3) is 0.172. The number of aliphatic carboxylic acids is 1. The number of aromatic nitrogens is 3. The van der Waals surface area contributed by atoms with Crippen LogP contribution < -0.4 is 0 Å². The summed E-state index contributed by atoms with van der Waals surface area (Å²) in [6, 6.07) is 14.6. The molecule has 0 bridgehead atoms. The molecule has 4 aromatic rings. The molecule has 0 radical (unpaired) electrons. The summed E-state index contributed by atoms with van der Waals surface area (Å²) < 4.78 is 54.7. The number of carbonyl (C=O) groups is 1. The average Bonchev–Trinajstić information content (AvgIpc) is 3.25. The van der Waals surface area contributed by atoms with Crippen LogP contribution in [-0.2, 0) is 11.0 Å². The topological polar surface area (TPSA) is 103 Å². The number of fused-ring (bicyclic) bond motifs is 1. The van der Waals surface area contributed by atoms with E-state index in [1.54, 1.807) is 42.5 Å². The van der Waals surface area contributed by atoms with Crippen molar-refractivity contribution in [3.05, 3.63) is 100 Å². The molecule has 0 atom stereocenters. The van der Waals surface area contributed by atoms with Gasteiger partial charge >= 0.3 is 12.1 Å². The van der Waals surface area contributed by atoms with Gasteiger partial charge in [-0.05, 0) is 70.9 Å². The maximum Gasteiger partial charge on any atom is 0.417 e. The van der Waals surface area contributed by atoms with Crippen molar-refractivity contribution in [2.45, 2.75) is 25.4 Å². The van der Waals surface area contributed by atoms with Crippen molar-refractivity contribution in [1.29, 1.82) is 5.26 Å². The van der Waals surface area contributed by atoms with Crippen LogP contribution in [0, 0.1) is 23.2 Å². The predicted molar refractivity (Wildman–Crippen MR) is 136 cm³/mol. The molecule has 2 heterocycles. The first-order valence-corrected chi connectivity index (χ1v) is 12.0. The molecule has 0 saturated heterocycles. The van der Waals surface area contributed by atoms with Gasteiger partial charge in [0, 0.05) is 12.3 Å². The third-order valence-electron chi connectivity index (χ3n) is 6.79. The minimum Gasteiger partial charge on any atom is -0.478 e. The number of aromatic amines is 1. The molecule has 1 fully saturated rings. The Morgan fingerprint density at radius 3 is 2.44 bits per heavy atom. The van der Waals surface area contributed by atoms with Crippen LogP contribution >= 0.6 is 0 Å². The predicted octanol–water partition coefficient (Wildman–Crippen LogP) is 6.84. The minimum atomic E-state index is -4.66. The zero-order chi connectivity index (χ0) is 27.7. The Morgan fingerprint density at radius 2 is 1.82 bits per heavy atom. The third kappa shape index (κ3) is 5.16. The van der Waals surface area contributed by atoms with E-state index in [0.717, 1.165) is 37.6 Å². The normalized spacial score (nSPS) is 14.7. The molecule has 2 aromatic heterocycles. The van der Waals surface area contributed by atoms with Crippen LogP contribution in [0.25, 0.3) is 28.1 Å². The van der Waals surface area contributed by atoms with Crippen LogP contribution in [0.2, 0.25) is 0 Å². The molecule has 0 unspecified atom stereocenters. The lowest BCUT2D eigenvalue weighted by Gasteiger charge is -2.31. The van der Waals surface area contributed by atoms with E-state index in [1.165, 1.54) is 6.08 Å². The van der Waals surface area contributed by atoms with Gasteiger partial charge in [0.25, 0.3) is 0 Å². The summed E-state index contributed by atoms with van der Waals surface area (Å²) in [6.45, 7) is 0. The molecule has 0 spiro atoms. The SMILES string of the molecule is N#Cc1cc(C(F)(F)F)cnc1C(=C(c1ccc(C=CC(=O)O)cc1)c1ccc2n[nH]c(F)c2c1)C1CCC1. The van der Waals surface area contributed by atoms with Crippen LogP contribution in [-0.4, -0.2) is 26.3 Å². The van der Waals surface area contributed by atoms with Gasteiger partial charge in [0.05, 0.1) is 27.7 Å². The van der Waals surface area contributed by atoms with Crippen molar-refractivity contribution in [2.24, 2.45) is 5.92 Å². The highest BCUT2D eigenvalue weighted by atomic mass is 19.4. The number of nitriles is 1. The van der Waals surface area contributed by atoms with Crippen molar-refractivity contribution >= 4 is 34.1 Å². The molecule has 2 N–H and O–H groups in total. The number of nitrogens with zero attached hydrogens (tertiary/aromatic N) is 3. The van der Waals surface area contributed by atoms with E-state index in [0.29, 0.717) is 33.4 Å². The van der Waals surface area contributed by atoms with Crippen molar-refractivity contribution in [2.75, 3.05) is 0 Å². The van der Waals surface area contributed by atoms with Crippen LogP contribution in [0.15, 0.2) is 60.8 Å². The van der Waals surface area contributed by atoms with E-state index in [1.807, 2.05) is 6.07 Å². The van der Waals surface area contributed by atoms with E-state index in [4.69, 9.17) is 5.11 Å². The van der Waals surface area contributed by atoms with Gasteiger partial charge in [0.2, 0.25) is 5.95 Å². The van der Waals surface area contributed by atoms with Gasteiger partial charge in [-0.1, -0.05) is 36.8 Å². The summed E-state index contributed by atoms with van der Waals surface area (Å²) in [7, 11) is 0. The Hall–Kier alpha value is -4.78. The molecule has 196 valence electrons. The van der Waals surface area contributed by atoms with Gasteiger partial charge in [-0.3, -0.25) is 10.1 Å². The minimum absolute atomic E-state index is 0.0900. The first kappa shape index (κ1) is 25.9. The number of rotatable bonds is 6. The Balaban J connectivity index is 1.79. The maximum atomic E-state index is 14.5. The first-order valence-electron chi connectivity index (χ1n) is 12.0. The van der Waals surface area contributed by atoms with E-state index in [2.05, 4.69) is 15.2 Å². The van der Waals surface area contributed by atoms with Crippen molar-refractivity contribution in [3.63, 3.8) is 0 Å². The Kier molecular flexibility index (Phi) is 6.74. The number of H-pyrrole nitrogens is 1. The fourth-order valence-corrected chi connectivity index (χ4v) is 4.67. The van der Waals surface area contributed by atoms with Crippen LogP contribution in [0.1, 0.15) is 52.8 Å². The largest absolute Gasteiger partial charge is 0.478 e. The van der Waals surface area contributed by atoms with Gasteiger partial charge in [-0.25, -0.2) is 4.79 Å². The number of benzene rings is 2. The number of carboxylic acids is 1. The Labute approximate surface area is 219 Å². The number of nitrogens with one attached hydrogen (secondary N) is 1. The maximum absolute atomic E-state index is 14.5. The smallest absolute Gasteiger partial charge is 0.417 e. The average molecular weight is 532 g/mol.